The fourth-order valence-electron chi connectivity index (χ4n) is 1.72. The van der Waals surface area contributed by atoms with E-state index in [2.05, 4.69) is 23.8 Å². The molecule has 2 saturated heterocycles. The van der Waals surface area contributed by atoms with Crippen molar-refractivity contribution in [2.24, 2.45) is 0 Å². The van der Waals surface area contributed by atoms with Crippen LogP contribution in [0.1, 0.15) is 6.92 Å². The summed E-state index contributed by atoms with van der Waals surface area (Å²) in [5.74, 6) is 1.02. The standard InChI is InChI=1S/C7H12N2OS2/c1-7-3-12-5(11-2)4(7)8-6(10)9-7/h4-5H,3H2,1-2H3,(H2,8,9,10)/t4-,5?,7+/m1/s1. The third kappa shape index (κ3) is 1.10. The predicted octanol–water partition coefficient (Wildman–Crippen LogP) is 0.862. The van der Waals surface area contributed by atoms with Gasteiger partial charge in [-0.3, -0.25) is 0 Å². The molecule has 2 heterocycles. The monoisotopic (exact) mass is 204 g/mol. The second kappa shape index (κ2) is 2.73. The summed E-state index contributed by atoms with van der Waals surface area (Å²) in [7, 11) is 0. The third-order valence-corrected chi connectivity index (χ3v) is 5.51. The summed E-state index contributed by atoms with van der Waals surface area (Å²) in [6.45, 7) is 2.11. The van der Waals surface area contributed by atoms with Gasteiger partial charge in [-0.2, -0.15) is 0 Å². The minimum absolute atomic E-state index is 0.0122. The number of hydrogen-bond donors (Lipinski definition) is 2. The summed E-state index contributed by atoms with van der Waals surface area (Å²) in [5, 5.41) is 5.94. The van der Waals surface area contributed by atoms with Crippen LogP contribution in [0.2, 0.25) is 0 Å². The Labute approximate surface area is 80.4 Å². The van der Waals surface area contributed by atoms with Crippen molar-refractivity contribution >= 4 is 29.6 Å². The molecule has 0 bridgehead atoms. The number of nitrogens with one attached hydrogen (secondary N) is 2. The van der Waals surface area contributed by atoms with Crippen molar-refractivity contribution in [1.29, 1.82) is 0 Å². The van der Waals surface area contributed by atoms with E-state index in [0.29, 0.717) is 10.6 Å². The van der Waals surface area contributed by atoms with E-state index < -0.39 is 0 Å². The van der Waals surface area contributed by atoms with Gasteiger partial charge in [0.05, 0.1) is 16.2 Å². The van der Waals surface area contributed by atoms with Crippen LogP contribution in [0.25, 0.3) is 0 Å². The van der Waals surface area contributed by atoms with Gasteiger partial charge in [0.1, 0.15) is 0 Å². The second-order valence-corrected chi connectivity index (χ2v) is 5.82. The van der Waals surface area contributed by atoms with Gasteiger partial charge in [0.25, 0.3) is 0 Å². The van der Waals surface area contributed by atoms with Crippen molar-refractivity contribution < 1.29 is 4.79 Å². The molecule has 0 saturated carbocycles. The molecule has 5 heteroatoms. The van der Waals surface area contributed by atoms with E-state index in [4.69, 9.17) is 0 Å². The summed E-state index contributed by atoms with van der Waals surface area (Å²) in [5.41, 5.74) is -0.0184. The van der Waals surface area contributed by atoms with Crippen molar-refractivity contribution in [3.05, 3.63) is 0 Å². The number of fused-ring (bicyclic) bond motifs is 1. The maximum atomic E-state index is 11.1. The average molecular weight is 204 g/mol. The largest absolute Gasteiger partial charge is 0.331 e. The van der Waals surface area contributed by atoms with Crippen LogP contribution in [-0.2, 0) is 0 Å². The molecule has 2 aliphatic rings. The fraction of sp³-hybridized carbons (Fsp3) is 0.857. The molecule has 0 aliphatic carbocycles. The lowest BCUT2D eigenvalue weighted by Gasteiger charge is -2.22. The highest BCUT2D eigenvalue weighted by atomic mass is 32.2. The zero-order valence-electron chi connectivity index (χ0n) is 7.09. The molecule has 3 atom stereocenters. The van der Waals surface area contributed by atoms with Crippen LogP contribution in [-0.4, -0.2) is 34.2 Å². The van der Waals surface area contributed by atoms with Crippen molar-refractivity contribution in [3.63, 3.8) is 0 Å². The minimum Gasteiger partial charge on any atom is -0.331 e. The molecule has 0 aromatic carbocycles. The Morgan fingerprint density at radius 2 is 2.50 bits per heavy atom. The van der Waals surface area contributed by atoms with Gasteiger partial charge >= 0.3 is 6.03 Å². The van der Waals surface area contributed by atoms with Crippen molar-refractivity contribution in [3.8, 4) is 0 Å². The second-order valence-electron chi connectivity index (χ2n) is 3.41. The Morgan fingerprint density at radius 1 is 1.75 bits per heavy atom. The maximum Gasteiger partial charge on any atom is 0.315 e. The summed E-state index contributed by atoms with van der Waals surface area (Å²) in [6, 6.07) is 0.284. The molecule has 68 valence electrons. The average Bonchev–Trinajstić information content (AvgIpc) is 2.41. The van der Waals surface area contributed by atoms with Gasteiger partial charge in [0, 0.05) is 5.75 Å². The van der Waals surface area contributed by atoms with Gasteiger partial charge in [-0.05, 0) is 13.2 Å². The molecular weight excluding hydrogens is 192 g/mol. The van der Waals surface area contributed by atoms with Crippen LogP contribution in [0, 0.1) is 0 Å². The van der Waals surface area contributed by atoms with Gasteiger partial charge < -0.3 is 10.6 Å². The zero-order chi connectivity index (χ0) is 8.77. The highest BCUT2D eigenvalue weighted by Crippen LogP contribution is 2.41. The molecule has 0 radical (unpaired) electrons. The molecule has 2 amide bonds. The van der Waals surface area contributed by atoms with Gasteiger partial charge in [0.15, 0.2) is 0 Å². The Balaban J connectivity index is 2.19. The molecule has 3 nitrogen and oxygen atoms in total. The maximum absolute atomic E-state index is 11.1. The van der Waals surface area contributed by atoms with Crippen LogP contribution < -0.4 is 10.6 Å². The zero-order valence-corrected chi connectivity index (χ0v) is 8.72. The van der Waals surface area contributed by atoms with E-state index in [1.165, 1.54) is 0 Å². The highest BCUT2D eigenvalue weighted by molar-refractivity contribution is 8.17. The van der Waals surface area contributed by atoms with Crippen LogP contribution in [0.15, 0.2) is 0 Å². The lowest BCUT2D eigenvalue weighted by Crippen LogP contribution is -2.47. The van der Waals surface area contributed by atoms with E-state index in [9.17, 15) is 4.79 Å². The quantitative estimate of drug-likeness (QED) is 0.623. The molecule has 0 aromatic heterocycles. The lowest BCUT2D eigenvalue weighted by atomic mass is 9.99. The van der Waals surface area contributed by atoms with Gasteiger partial charge in [-0.25, -0.2) is 4.79 Å². The smallest absolute Gasteiger partial charge is 0.315 e. The number of urea groups is 1. The summed E-state index contributed by atoms with van der Waals surface area (Å²) < 4.78 is 0.508. The Hall–Kier alpha value is -0.0300. The van der Waals surface area contributed by atoms with E-state index in [0.717, 1.165) is 5.75 Å². The summed E-state index contributed by atoms with van der Waals surface area (Å²) in [6.07, 6.45) is 2.09. The molecule has 1 unspecified atom stereocenters. The SMILES string of the molecule is CSC1SC[C@]2(C)NC(=O)N[C@H]12. The Kier molecular flexibility index (Phi) is 1.95. The van der Waals surface area contributed by atoms with Crippen LogP contribution >= 0.6 is 23.5 Å². The molecular formula is C7H12N2OS2. The van der Waals surface area contributed by atoms with Gasteiger partial charge in [0.2, 0.25) is 0 Å². The predicted molar refractivity (Wildman–Crippen MR) is 53.6 cm³/mol. The molecule has 2 fully saturated rings. The van der Waals surface area contributed by atoms with E-state index in [1.54, 1.807) is 0 Å². The van der Waals surface area contributed by atoms with Crippen LogP contribution in [0.5, 0.6) is 0 Å². The topological polar surface area (TPSA) is 41.1 Å². The number of carbonyl (C=O) groups is 1. The van der Waals surface area contributed by atoms with Crippen molar-refractivity contribution in [2.45, 2.75) is 23.1 Å². The lowest BCUT2D eigenvalue weighted by molar-refractivity contribution is 0.246. The molecule has 0 spiro atoms. The molecule has 2 rings (SSSR count). The first-order valence-electron chi connectivity index (χ1n) is 3.89. The first kappa shape index (κ1) is 8.56. The van der Waals surface area contributed by atoms with E-state index in [-0.39, 0.29) is 11.6 Å². The fourth-order valence-corrected chi connectivity index (χ4v) is 4.44. The summed E-state index contributed by atoms with van der Waals surface area (Å²) in [4.78, 5) is 11.1. The number of hydrogen-bond acceptors (Lipinski definition) is 3. The number of thioether (sulfide) groups is 2. The van der Waals surface area contributed by atoms with Crippen molar-refractivity contribution in [2.75, 3.05) is 12.0 Å². The molecule has 2 aliphatic heterocycles. The van der Waals surface area contributed by atoms with Gasteiger partial charge in [-0.1, -0.05) is 0 Å². The Morgan fingerprint density at radius 3 is 3.17 bits per heavy atom. The Bertz CT molecular complexity index is 223. The highest BCUT2D eigenvalue weighted by Gasteiger charge is 2.51. The molecule has 2 N–H and O–H groups in total. The molecule has 0 aromatic rings. The van der Waals surface area contributed by atoms with Crippen LogP contribution in [0.4, 0.5) is 4.79 Å². The van der Waals surface area contributed by atoms with E-state index in [1.807, 2.05) is 23.5 Å². The number of rotatable bonds is 1. The summed E-state index contributed by atoms with van der Waals surface area (Å²) >= 11 is 3.74. The van der Waals surface area contributed by atoms with Crippen LogP contribution in [0.3, 0.4) is 0 Å². The third-order valence-electron chi connectivity index (χ3n) is 2.42. The normalized spacial score (nSPS) is 45.3. The number of carbonyl (C=O) groups excluding carboxylic acids is 1. The number of amides is 2. The molecule has 12 heavy (non-hydrogen) atoms. The minimum atomic E-state index is -0.0184. The first-order chi connectivity index (χ1) is 5.65. The first-order valence-corrected chi connectivity index (χ1v) is 6.22. The van der Waals surface area contributed by atoms with E-state index >= 15 is 0 Å². The van der Waals surface area contributed by atoms with Crippen molar-refractivity contribution in [1.82, 2.24) is 10.6 Å². The van der Waals surface area contributed by atoms with Gasteiger partial charge in [-0.15, -0.1) is 23.5 Å².